The van der Waals surface area contributed by atoms with E-state index in [0.29, 0.717) is 12.1 Å². The Kier molecular flexibility index (Phi) is 4.98. The molecule has 5 heteroatoms. The molecule has 0 radical (unpaired) electrons. The minimum absolute atomic E-state index is 0.0637. The molecule has 122 valence electrons. The number of hydrogen-bond donors (Lipinski definition) is 0. The number of imidazole rings is 1. The summed E-state index contributed by atoms with van der Waals surface area (Å²) in [6.07, 6.45) is 3.39. The third-order valence-electron chi connectivity index (χ3n) is 3.91. The van der Waals surface area contributed by atoms with Crippen molar-refractivity contribution in [2.24, 2.45) is 0 Å². The number of ketones is 1. The molecule has 1 aromatic heterocycles. The molecule has 0 unspecified atom stereocenters. The van der Waals surface area contributed by atoms with Gasteiger partial charge in [0.15, 0.2) is 11.4 Å². The van der Waals surface area contributed by atoms with Crippen molar-refractivity contribution in [3.05, 3.63) is 54.1 Å². The maximum atomic E-state index is 12.5. The first kappa shape index (κ1) is 16.9. The van der Waals surface area contributed by atoms with Gasteiger partial charge in [0.25, 0.3) is 0 Å². The molecular formula is C18H22N2O3. The van der Waals surface area contributed by atoms with Crippen molar-refractivity contribution in [2.45, 2.75) is 45.8 Å². The summed E-state index contributed by atoms with van der Waals surface area (Å²) in [7, 11) is 0. The van der Waals surface area contributed by atoms with Crippen molar-refractivity contribution < 1.29 is 14.3 Å². The zero-order chi connectivity index (χ0) is 17.0. The zero-order valence-corrected chi connectivity index (χ0v) is 13.9. The van der Waals surface area contributed by atoms with Crippen LogP contribution in [-0.4, -0.2) is 26.9 Å². The van der Waals surface area contributed by atoms with Crippen LogP contribution in [0.4, 0.5) is 0 Å². The van der Waals surface area contributed by atoms with Crippen LogP contribution in [0.3, 0.4) is 0 Å². The summed E-state index contributed by atoms with van der Waals surface area (Å²) < 4.78 is 7.17. The van der Waals surface area contributed by atoms with Gasteiger partial charge in [-0.15, -0.1) is 0 Å². The van der Waals surface area contributed by atoms with Crippen LogP contribution >= 0.6 is 0 Å². The Hall–Kier alpha value is -2.43. The number of rotatable bonds is 6. The van der Waals surface area contributed by atoms with Crippen molar-refractivity contribution in [1.29, 1.82) is 0 Å². The lowest BCUT2D eigenvalue weighted by Crippen LogP contribution is -2.37. The Morgan fingerprint density at radius 1 is 1.26 bits per heavy atom. The number of ether oxygens (including phenoxy) is 1. The molecule has 23 heavy (non-hydrogen) atoms. The van der Waals surface area contributed by atoms with E-state index in [4.69, 9.17) is 4.74 Å². The molecule has 0 N–H and O–H groups in total. The van der Waals surface area contributed by atoms with Crippen LogP contribution in [-0.2, 0) is 9.53 Å². The summed E-state index contributed by atoms with van der Waals surface area (Å²) in [5, 5.41) is 0. The second-order valence-electron chi connectivity index (χ2n) is 5.95. The van der Waals surface area contributed by atoms with E-state index < -0.39 is 11.6 Å². The summed E-state index contributed by atoms with van der Waals surface area (Å²) in [4.78, 5) is 28.4. The zero-order valence-electron chi connectivity index (χ0n) is 13.9. The van der Waals surface area contributed by atoms with E-state index in [1.807, 2.05) is 37.3 Å². The Bertz CT molecular complexity index is 689. The molecule has 2 aromatic rings. The van der Waals surface area contributed by atoms with E-state index in [9.17, 15) is 9.59 Å². The van der Waals surface area contributed by atoms with Crippen LogP contribution in [0.1, 0.15) is 56.2 Å². The topological polar surface area (TPSA) is 61.2 Å². The Morgan fingerprint density at radius 2 is 1.91 bits per heavy atom. The molecule has 0 fully saturated rings. The molecule has 0 amide bonds. The maximum Gasteiger partial charge on any atom is 0.357 e. The van der Waals surface area contributed by atoms with Crippen molar-refractivity contribution >= 4 is 11.8 Å². The second kappa shape index (κ2) is 6.77. The Morgan fingerprint density at radius 3 is 2.52 bits per heavy atom. The summed E-state index contributed by atoms with van der Waals surface area (Å²) in [5.41, 5.74) is 0.249. The minimum Gasteiger partial charge on any atom is -0.447 e. The Labute approximate surface area is 136 Å². The van der Waals surface area contributed by atoms with Gasteiger partial charge < -0.3 is 9.30 Å². The van der Waals surface area contributed by atoms with Gasteiger partial charge in [-0.1, -0.05) is 37.3 Å². The van der Waals surface area contributed by atoms with Gasteiger partial charge >= 0.3 is 5.97 Å². The quantitative estimate of drug-likeness (QED) is 0.767. The first-order chi connectivity index (χ1) is 10.9. The predicted molar refractivity (Wildman–Crippen MR) is 87.3 cm³/mol. The number of benzene rings is 1. The van der Waals surface area contributed by atoms with Gasteiger partial charge in [-0.05, 0) is 26.3 Å². The minimum atomic E-state index is -1.14. The average Bonchev–Trinajstić information content (AvgIpc) is 3.03. The first-order valence-electron chi connectivity index (χ1n) is 7.70. The van der Waals surface area contributed by atoms with Gasteiger partial charge in [0.1, 0.15) is 5.69 Å². The lowest BCUT2D eigenvalue weighted by Gasteiger charge is -2.24. The summed E-state index contributed by atoms with van der Waals surface area (Å²) in [6, 6.07) is 9.76. The highest BCUT2D eigenvalue weighted by Crippen LogP contribution is 2.22. The van der Waals surface area contributed by atoms with Gasteiger partial charge in [0, 0.05) is 6.42 Å². The molecule has 0 spiro atoms. The van der Waals surface area contributed by atoms with Gasteiger partial charge in [0.05, 0.1) is 18.6 Å². The number of nitrogens with zero attached hydrogens (tertiary/aromatic N) is 2. The highest BCUT2D eigenvalue weighted by atomic mass is 16.6. The number of carbonyl (C=O) groups excluding carboxylic acids is 2. The van der Waals surface area contributed by atoms with Gasteiger partial charge in [-0.3, -0.25) is 4.79 Å². The van der Waals surface area contributed by atoms with Crippen LogP contribution in [0.25, 0.3) is 0 Å². The van der Waals surface area contributed by atoms with Crippen LogP contribution in [0.5, 0.6) is 0 Å². The molecule has 0 saturated carbocycles. The van der Waals surface area contributed by atoms with Gasteiger partial charge in [0.2, 0.25) is 0 Å². The first-order valence-corrected chi connectivity index (χ1v) is 7.70. The number of Topliss-reactive ketones (excluding diaryl/α,β-unsaturated/α-hetero) is 1. The fourth-order valence-electron chi connectivity index (χ4n) is 2.43. The van der Waals surface area contributed by atoms with E-state index in [-0.39, 0.29) is 11.8 Å². The van der Waals surface area contributed by atoms with Crippen molar-refractivity contribution in [1.82, 2.24) is 9.55 Å². The largest absolute Gasteiger partial charge is 0.447 e. The van der Waals surface area contributed by atoms with Crippen molar-refractivity contribution in [2.75, 3.05) is 0 Å². The standard InChI is InChI=1S/C18H22N2O3/c1-5-16(21)18(3,4)23-17(22)15-11-19-12-20(15)13(2)14-9-7-6-8-10-14/h6-13H,5H2,1-4H3/t13-/m1/s1. The SMILES string of the molecule is CCC(=O)C(C)(C)OC(=O)c1cncn1[C@H](C)c1ccccc1. The number of aromatic nitrogens is 2. The summed E-state index contributed by atoms with van der Waals surface area (Å²) in [5.74, 6) is -0.662. The number of carbonyl (C=O) groups is 2. The van der Waals surface area contributed by atoms with Gasteiger partial charge in [-0.25, -0.2) is 9.78 Å². The fourth-order valence-corrected chi connectivity index (χ4v) is 2.43. The van der Waals surface area contributed by atoms with E-state index in [2.05, 4.69) is 4.98 Å². The summed E-state index contributed by atoms with van der Waals surface area (Å²) in [6.45, 7) is 6.95. The molecule has 2 rings (SSSR count). The van der Waals surface area contributed by atoms with E-state index in [1.165, 1.54) is 6.20 Å². The molecule has 0 aliphatic heterocycles. The number of esters is 1. The Balaban J connectivity index is 2.24. The molecule has 0 aliphatic rings. The predicted octanol–water partition coefficient (Wildman–Crippen LogP) is 3.41. The summed E-state index contributed by atoms with van der Waals surface area (Å²) >= 11 is 0. The van der Waals surface area contributed by atoms with Crippen LogP contribution in [0.15, 0.2) is 42.9 Å². The molecule has 0 bridgehead atoms. The molecule has 0 saturated heterocycles. The van der Waals surface area contributed by atoms with E-state index in [1.54, 1.807) is 31.7 Å². The van der Waals surface area contributed by atoms with Crippen LogP contribution in [0.2, 0.25) is 0 Å². The third-order valence-corrected chi connectivity index (χ3v) is 3.91. The molecule has 5 nitrogen and oxygen atoms in total. The van der Waals surface area contributed by atoms with E-state index >= 15 is 0 Å². The number of hydrogen-bond acceptors (Lipinski definition) is 4. The lowest BCUT2D eigenvalue weighted by atomic mass is 10.0. The smallest absolute Gasteiger partial charge is 0.357 e. The maximum absolute atomic E-state index is 12.5. The molecule has 1 heterocycles. The van der Waals surface area contributed by atoms with E-state index in [0.717, 1.165) is 5.56 Å². The van der Waals surface area contributed by atoms with Crippen molar-refractivity contribution in [3.8, 4) is 0 Å². The molecule has 1 atom stereocenters. The third kappa shape index (κ3) is 3.67. The van der Waals surface area contributed by atoms with Gasteiger partial charge in [-0.2, -0.15) is 0 Å². The average molecular weight is 314 g/mol. The fraction of sp³-hybridized carbons (Fsp3) is 0.389. The highest BCUT2D eigenvalue weighted by Gasteiger charge is 2.32. The lowest BCUT2D eigenvalue weighted by molar-refractivity contribution is -0.134. The highest BCUT2D eigenvalue weighted by molar-refractivity contribution is 5.93. The second-order valence-corrected chi connectivity index (χ2v) is 5.95. The van der Waals surface area contributed by atoms with Crippen LogP contribution in [0, 0.1) is 0 Å². The van der Waals surface area contributed by atoms with Crippen LogP contribution < -0.4 is 0 Å². The molecule has 0 aliphatic carbocycles. The van der Waals surface area contributed by atoms with Crippen molar-refractivity contribution in [3.63, 3.8) is 0 Å². The molecule has 1 aromatic carbocycles. The molecular weight excluding hydrogens is 292 g/mol. The monoisotopic (exact) mass is 314 g/mol. The normalized spacial score (nSPS) is 12.7.